The predicted molar refractivity (Wildman–Crippen MR) is 83.1 cm³/mol. The molecule has 2 aromatic carbocycles. The summed E-state index contributed by atoms with van der Waals surface area (Å²) in [6.45, 7) is 2.79. The summed E-state index contributed by atoms with van der Waals surface area (Å²) in [7, 11) is 3.30. The second-order valence-electron chi connectivity index (χ2n) is 4.92. The molecule has 3 aromatic rings. The SMILES string of the molecule is COc1ccc(Cn2c(C)nc3ccccc32)cc1OC. The summed E-state index contributed by atoms with van der Waals surface area (Å²) in [4.78, 5) is 4.59. The zero-order valence-corrected chi connectivity index (χ0v) is 12.5. The molecule has 1 aromatic heterocycles. The average molecular weight is 282 g/mol. The molecule has 0 bridgehead atoms. The first-order valence-electron chi connectivity index (χ1n) is 6.85. The van der Waals surface area contributed by atoms with Crippen LogP contribution in [0, 0.1) is 6.92 Å². The number of rotatable bonds is 4. The van der Waals surface area contributed by atoms with E-state index in [1.807, 2.05) is 37.3 Å². The Labute approximate surface area is 123 Å². The van der Waals surface area contributed by atoms with Crippen LogP contribution in [0.2, 0.25) is 0 Å². The lowest BCUT2D eigenvalue weighted by molar-refractivity contribution is 0.354. The van der Waals surface area contributed by atoms with Crippen LogP contribution in [-0.2, 0) is 6.54 Å². The van der Waals surface area contributed by atoms with E-state index in [1.165, 1.54) is 0 Å². The van der Waals surface area contributed by atoms with Crippen LogP contribution in [0.25, 0.3) is 11.0 Å². The predicted octanol–water partition coefficient (Wildman–Crippen LogP) is 3.41. The third-order valence-electron chi connectivity index (χ3n) is 3.63. The van der Waals surface area contributed by atoms with E-state index in [0.717, 1.165) is 40.5 Å². The second-order valence-corrected chi connectivity index (χ2v) is 4.92. The molecule has 0 atom stereocenters. The van der Waals surface area contributed by atoms with Gasteiger partial charge >= 0.3 is 0 Å². The molecule has 0 amide bonds. The minimum atomic E-state index is 0.744. The van der Waals surface area contributed by atoms with Gasteiger partial charge in [-0.1, -0.05) is 18.2 Å². The normalized spacial score (nSPS) is 10.8. The molecular weight excluding hydrogens is 264 g/mol. The van der Waals surface area contributed by atoms with Crippen molar-refractivity contribution in [3.63, 3.8) is 0 Å². The Kier molecular flexibility index (Phi) is 3.52. The minimum Gasteiger partial charge on any atom is -0.493 e. The fourth-order valence-electron chi connectivity index (χ4n) is 2.56. The molecule has 0 aliphatic heterocycles. The first-order chi connectivity index (χ1) is 10.2. The lowest BCUT2D eigenvalue weighted by Gasteiger charge is -2.11. The molecule has 0 radical (unpaired) electrons. The van der Waals surface area contributed by atoms with E-state index in [2.05, 4.69) is 21.7 Å². The van der Waals surface area contributed by atoms with Gasteiger partial charge in [-0.15, -0.1) is 0 Å². The van der Waals surface area contributed by atoms with Crippen LogP contribution in [0.5, 0.6) is 11.5 Å². The van der Waals surface area contributed by atoms with E-state index in [4.69, 9.17) is 9.47 Å². The number of nitrogens with zero attached hydrogens (tertiary/aromatic N) is 2. The van der Waals surface area contributed by atoms with Crippen molar-refractivity contribution in [3.05, 3.63) is 53.9 Å². The fourth-order valence-corrected chi connectivity index (χ4v) is 2.56. The molecule has 0 fully saturated rings. The highest BCUT2D eigenvalue weighted by Crippen LogP contribution is 2.28. The first kappa shape index (κ1) is 13.5. The van der Waals surface area contributed by atoms with Gasteiger partial charge in [0, 0.05) is 6.54 Å². The van der Waals surface area contributed by atoms with Crippen molar-refractivity contribution in [2.75, 3.05) is 14.2 Å². The van der Waals surface area contributed by atoms with Crippen LogP contribution in [0.1, 0.15) is 11.4 Å². The summed E-state index contributed by atoms with van der Waals surface area (Å²) in [6.07, 6.45) is 0. The number of methoxy groups -OCH3 is 2. The fraction of sp³-hybridized carbons (Fsp3) is 0.235. The number of fused-ring (bicyclic) bond motifs is 1. The van der Waals surface area contributed by atoms with Crippen LogP contribution < -0.4 is 9.47 Å². The Morgan fingerprint density at radius 3 is 2.52 bits per heavy atom. The van der Waals surface area contributed by atoms with Gasteiger partial charge in [0.15, 0.2) is 11.5 Å². The van der Waals surface area contributed by atoms with Crippen molar-refractivity contribution in [3.8, 4) is 11.5 Å². The molecule has 21 heavy (non-hydrogen) atoms. The maximum Gasteiger partial charge on any atom is 0.161 e. The molecule has 0 saturated heterocycles. The van der Waals surface area contributed by atoms with E-state index in [0.29, 0.717) is 0 Å². The smallest absolute Gasteiger partial charge is 0.161 e. The lowest BCUT2D eigenvalue weighted by Crippen LogP contribution is -2.02. The average Bonchev–Trinajstić information content (AvgIpc) is 2.83. The largest absolute Gasteiger partial charge is 0.493 e. The Hall–Kier alpha value is -2.49. The van der Waals surface area contributed by atoms with E-state index < -0.39 is 0 Å². The second kappa shape index (κ2) is 5.48. The molecule has 0 spiro atoms. The molecule has 0 aliphatic rings. The van der Waals surface area contributed by atoms with Gasteiger partial charge in [-0.3, -0.25) is 0 Å². The van der Waals surface area contributed by atoms with Crippen molar-refractivity contribution in [2.45, 2.75) is 13.5 Å². The van der Waals surface area contributed by atoms with Gasteiger partial charge in [-0.2, -0.15) is 0 Å². The number of para-hydroxylation sites is 2. The molecular formula is C17H18N2O2. The number of imidazole rings is 1. The van der Waals surface area contributed by atoms with Gasteiger partial charge in [0.05, 0.1) is 25.3 Å². The van der Waals surface area contributed by atoms with E-state index in [-0.39, 0.29) is 0 Å². The topological polar surface area (TPSA) is 36.3 Å². The molecule has 4 nitrogen and oxygen atoms in total. The quantitative estimate of drug-likeness (QED) is 0.735. The Morgan fingerprint density at radius 1 is 1.00 bits per heavy atom. The number of ether oxygens (including phenoxy) is 2. The summed E-state index contributed by atoms with van der Waals surface area (Å²) in [5, 5.41) is 0. The number of aromatic nitrogens is 2. The molecule has 4 heteroatoms. The number of hydrogen-bond acceptors (Lipinski definition) is 3. The van der Waals surface area contributed by atoms with Gasteiger partial charge in [0.25, 0.3) is 0 Å². The first-order valence-corrected chi connectivity index (χ1v) is 6.85. The zero-order chi connectivity index (χ0) is 14.8. The lowest BCUT2D eigenvalue weighted by atomic mass is 10.2. The highest BCUT2D eigenvalue weighted by atomic mass is 16.5. The van der Waals surface area contributed by atoms with Crippen LogP contribution in [0.3, 0.4) is 0 Å². The Bertz CT molecular complexity index is 778. The summed E-state index contributed by atoms with van der Waals surface area (Å²) in [5.41, 5.74) is 3.32. The highest BCUT2D eigenvalue weighted by Gasteiger charge is 2.09. The monoisotopic (exact) mass is 282 g/mol. The van der Waals surface area contributed by atoms with Crippen LogP contribution in [-0.4, -0.2) is 23.8 Å². The maximum absolute atomic E-state index is 5.36. The van der Waals surface area contributed by atoms with E-state index in [1.54, 1.807) is 14.2 Å². The number of benzene rings is 2. The Balaban J connectivity index is 2.00. The third-order valence-corrected chi connectivity index (χ3v) is 3.63. The third kappa shape index (κ3) is 2.44. The minimum absolute atomic E-state index is 0.744. The van der Waals surface area contributed by atoms with Crippen LogP contribution in [0.15, 0.2) is 42.5 Å². The summed E-state index contributed by atoms with van der Waals surface area (Å²) in [6, 6.07) is 14.2. The molecule has 0 N–H and O–H groups in total. The number of hydrogen-bond donors (Lipinski definition) is 0. The summed E-state index contributed by atoms with van der Waals surface area (Å²) < 4.78 is 12.8. The molecule has 0 unspecified atom stereocenters. The van der Waals surface area contributed by atoms with E-state index >= 15 is 0 Å². The summed E-state index contributed by atoms with van der Waals surface area (Å²) in [5.74, 6) is 2.50. The molecule has 3 rings (SSSR count). The van der Waals surface area contributed by atoms with Crippen molar-refractivity contribution >= 4 is 11.0 Å². The Morgan fingerprint density at radius 2 is 1.76 bits per heavy atom. The standard InChI is InChI=1S/C17H18N2O2/c1-12-18-14-6-4-5-7-15(14)19(12)11-13-8-9-16(20-2)17(10-13)21-3/h4-10H,11H2,1-3H3. The van der Waals surface area contributed by atoms with Gasteiger partial charge in [0.1, 0.15) is 5.82 Å². The maximum atomic E-state index is 5.36. The zero-order valence-electron chi connectivity index (χ0n) is 12.5. The molecule has 0 saturated carbocycles. The molecule has 0 aliphatic carbocycles. The van der Waals surface area contributed by atoms with Crippen LogP contribution in [0.4, 0.5) is 0 Å². The van der Waals surface area contributed by atoms with E-state index in [9.17, 15) is 0 Å². The van der Waals surface area contributed by atoms with Crippen molar-refractivity contribution < 1.29 is 9.47 Å². The van der Waals surface area contributed by atoms with Gasteiger partial charge in [0.2, 0.25) is 0 Å². The van der Waals surface area contributed by atoms with Crippen molar-refractivity contribution in [2.24, 2.45) is 0 Å². The van der Waals surface area contributed by atoms with Gasteiger partial charge < -0.3 is 14.0 Å². The molecule has 108 valence electrons. The van der Waals surface area contributed by atoms with Gasteiger partial charge in [-0.25, -0.2) is 4.98 Å². The molecule has 1 heterocycles. The van der Waals surface area contributed by atoms with Crippen LogP contribution >= 0.6 is 0 Å². The highest BCUT2D eigenvalue weighted by molar-refractivity contribution is 5.76. The summed E-state index contributed by atoms with van der Waals surface area (Å²) >= 11 is 0. The number of aryl methyl sites for hydroxylation is 1. The van der Waals surface area contributed by atoms with Crippen molar-refractivity contribution in [1.29, 1.82) is 0 Å². The van der Waals surface area contributed by atoms with Gasteiger partial charge in [-0.05, 0) is 36.8 Å². The van der Waals surface area contributed by atoms with Crippen molar-refractivity contribution in [1.82, 2.24) is 9.55 Å².